The number of rotatable bonds is 6. The molecule has 0 spiro atoms. The molecule has 2 amide bonds. The van der Waals surface area contributed by atoms with Gasteiger partial charge in [0.25, 0.3) is 5.91 Å². The van der Waals surface area contributed by atoms with Crippen molar-refractivity contribution in [2.75, 3.05) is 17.2 Å². The third-order valence-corrected chi connectivity index (χ3v) is 4.50. The predicted molar refractivity (Wildman–Crippen MR) is 103 cm³/mol. The zero-order chi connectivity index (χ0) is 18.7. The fourth-order valence-corrected chi connectivity index (χ4v) is 2.78. The molecule has 0 aliphatic heterocycles. The lowest BCUT2D eigenvalue weighted by molar-refractivity contribution is -0.118. The number of carbonyl (C=O) groups is 2. The molecular weight excluding hydrogens is 328 g/mol. The molecule has 0 unspecified atom stereocenters. The third kappa shape index (κ3) is 4.42. The molecule has 2 aromatic carbocycles. The first-order chi connectivity index (χ1) is 12.4. The lowest BCUT2D eigenvalue weighted by Crippen LogP contribution is -2.21. The Kier molecular flexibility index (Phi) is 5.26. The van der Waals surface area contributed by atoms with Crippen LogP contribution in [-0.2, 0) is 9.59 Å². The van der Waals surface area contributed by atoms with Crippen LogP contribution in [0.15, 0.2) is 36.4 Å². The molecule has 5 heteroatoms. The van der Waals surface area contributed by atoms with Gasteiger partial charge in [-0.2, -0.15) is 0 Å². The molecule has 5 nitrogen and oxygen atoms in total. The summed E-state index contributed by atoms with van der Waals surface area (Å²) in [5, 5.41) is 5.79. The van der Waals surface area contributed by atoms with E-state index in [1.54, 1.807) is 0 Å². The highest BCUT2D eigenvalue weighted by Gasteiger charge is 2.29. The number of hydrogen-bond acceptors (Lipinski definition) is 3. The highest BCUT2D eigenvalue weighted by atomic mass is 16.5. The van der Waals surface area contributed by atoms with E-state index in [4.69, 9.17) is 4.74 Å². The van der Waals surface area contributed by atoms with E-state index in [2.05, 4.69) is 10.6 Å². The molecule has 3 rings (SSSR count). The van der Waals surface area contributed by atoms with Crippen molar-refractivity contribution in [3.8, 4) is 5.75 Å². The van der Waals surface area contributed by atoms with E-state index in [-0.39, 0.29) is 24.3 Å². The van der Waals surface area contributed by atoms with Crippen LogP contribution in [0.1, 0.15) is 29.5 Å². The summed E-state index contributed by atoms with van der Waals surface area (Å²) in [6, 6.07) is 11.3. The van der Waals surface area contributed by atoms with Crippen molar-refractivity contribution in [3.05, 3.63) is 53.1 Å². The number of benzene rings is 2. The number of anilines is 2. The summed E-state index contributed by atoms with van der Waals surface area (Å²) in [7, 11) is 0. The molecule has 26 heavy (non-hydrogen) atoms. The molecule has 2 aromatic rings. The van der Waals surface area contributed by atoms with Crippen molar-refractivity contribution < 1.29 is 14.3 Å². The molecule has 0 saturated heterocycles. The van der Waals surface area contributed by atoms with Crippen LogP contribution in [0.2, 0.25) is 0 Å². The van der Waals surface area contributed by atoms with Crippen molar-refractivity contribution in [2.24, 2.45) is 5.92 Å². The third-order valence-electron chi connectivity index (χ3n) is 4.50. The van der Waals surface area contributed by atoms with Gasteiger partial charge in [-0.3, -0.25) is 9.59 Å². The molecular formula is C21H24N2O3. The Balaban J connectivity index is 1.60. The van der Waals surface area contributed by atoms with Crippen LogP contribution in [-0.4, -0.2) is 18.4 Å². The Bertz CT molecular complexity index is 841. The molecule has 136 valence electrons. The average Bonchev–Trinajstić information content (AvgIpc) is 3.43. The number of aryl methyl sites for hydroxylation is 2. The maximum absolute atomic E-state index is 12.2. The second-order valence-electron chi connectivity index (χ2n) is 6.85. The molecule has 0 heterocycles. The largest absolute Gasteiger partial charge is 0.483 e. The highest BCUT2D eigenvalue weighted by Crippen LogP contribution is 2.31. The van der Waals surface area contributed by atoms with Gasteiger partial charge in [0.1, 0.15) is 5.75 Å². The highest BCUT2D eigenvalue weighted by molar-refractivity contribution is 5.97. The van der Waals surface area contributed by atoms with E-state index in [1.807, 2.05) is 57.2 Å². The van der Waals surface area contributed by atoms with Crippen LogP contribution < -0.4 is 15.4 Å². The van der Waals surface area contributed by atoms with Gasteiger partial charge in [0, 0.05) is 17.3 Å². The van der Waals surface area contributed by atoms with Gasteiger partial charge in [-0.15, -0.1) is 0 Å². The van der Waals surface area contributed by atoms with Gasteiger partial charge in [-0.05, 0) is 62.9 Å². The molecule has 2 N–H and O–H groups in total. The van der Waals surface area contributed by atoms with Crippen LogP contribution in [0.4, 0.5) is 11.4 Å². The topological polar surface area (TPSA) is 67.4 Å². The van der Waals surface area contributed by atoms with Crippen molar-refractivity contribution in [2.45, 2.75) is 33.6 Å². The van der Waals surface area contributed by atoms with Crippen molar-refractivity contribution in [1.82, 2.24) is 0 Å². The number of hydrogen-bond donors (Lipinski definition) is 2. The summed E-state index contributed by atoms with van der Waals surface area (Å²) in [4.78, 5) is 24.2. The van der Waals surface area contributed by atoms with Gasteiger partial charge in [0.05, 0.1) is 0 Å². The Morgan fingerprint density at radius 2 is 1.73 bits per heavy atom. The summed E-state index contributed by atoms with van der Waals surface area (Å²) in [5.41, 5.74) is 4.39. The Morgan fingerprint density at radius 3 is 2.38 bits per heavy atom. The summed E-state index contributed by atoms with van der Waals surface area (Å²) < 4.78 is 5.62. The first-order valence-corrected chi connectivity index (χ1v) is 8.84. The molecule has 0 bridgehead atoms. The first kappa shape index (κ1) is 18.0. The lowest BCUT2D eigenvalue weighted by atomic mass is 10.1. The van der Waals surface area contributed by atoms with E-state index in [0.717, 1.165) is 35.2 Å². The van der Waals surface area contributed by atoms with Crippen molar-refractivity contribution in [1.29, 1.82) is 0 Å². The van der Waals surface area contributed by atoms with Crippen LogP contribution in [0.5, 0.6) is 5.75 Å². The smallest absolute Gasteiger partial charge is 0.262 e. The number of ether oxygens (including phenoxy) is 1. The van der Waals surface area contributed by atoms with Crippen LogP contribution in [0.25, 0.3) is 0 Å². The fourth-order valence-electron chi connectivity index (χ4n) is 2.78. The standard InChI is InChI=1S/C21H24N2O3/c1-13-7-10-19(14(2)11-13)26-12-20(24)22-17-5-4-6-18(15(17)3)23-21(25)16-8-9-16/h4-7,10-11,16H,8-9,12H2,1-3H3,(H,22,24)(H,23,25). The van der Waals surface area contributed by atoms with Gasteiger partial charge in [0.15, 0.2) is 6.61 Å². The maximum Gasteiger partial charge on any atom is 0.262 e. The summed E-state index contributed by atoms with van der Waals surface area (Å²) in [5.74, 6) is 0.653. The molecule has 1 saturated carbocycles. The van der Waals surface area contributed by atoms with Gasteiger partial charge >= 0.3 is 0 Å². The molecule has 1 aliphatic carbocycles. The van der Waals surface area contributed by atoms with E-state index in [1.165, 1.54) is 0 Å². The SMILES string of the molecule is Cc1ccc(OCC(=O)Nc2cccc(NC(=O)C3CC3)c2C)c(C)c1. The average molecular weight is 352 g/mol. The summed E-state index contributed by atoms with van der Waals surface area (Å²) >= 11 is 0. The number of carbonyl (C=O) groups excluding carboxylic acids is 2. The summed E-state index contributed by atoms with van der Waals surface area (Å²) in [6.07, 6.45) is 1.91. The van der Waals surface area contributed by atoms with E-state index in [9.17, 15) is 9.59 Å². The van der Waals surface area contributed by atoms with E-state index >= 15 is 0 Å². The second kappa shape index (κ2) is 7.60. The first-order valence-electron chi connectivity index (χ1n) is 8.84. The molecule has 1 fully saturated rings. The maximum atomic E-state index is 12.2. The predicted octanol–water partition coefficient (Wildman–Crippen LogP) is 3.98. The van der Waals surface area contributed by atoms with Crippen LogP contribution >= 0.6 is 0 Å². The van der Waals surface area contributed by atoms with Gasteiger partial charge in [-0.25, -0.2) is 0 Å². The van der Waals surface area contributed by atoms with Crippen molar-refractivity contribution in [3.63, 3.8) is 0 Å². The number of amides is 2. The Morgan fingerprint density at radius 1 is 1.04 bits per heavy atom. The van der Waals surface area contributed by atoms with Gasteiger partial charge in [0.2, 0.25) is 5.91 Å². The van der Waals surface area contributed by atoms with E-state index in [0.29, 0.717) is 11.4 Å². The molecule has 0 atom stereocenters. The van der Waals surface area contributed by atoms with E-state index < -0.39 is 0 Å². The quantitative estimate of drug-likeness (QED) is 0.826. The zero-order valence-electron chi connectivity index (χ0n) is 15.4. The minimum Gasteiger partial charge on any atom is -0.483 e. The Hall–Kier alpha value is -2.82. The van der Waals surface area contributed by atoms with Crippen LogP contribution in [0, 0.1) is 26.7 Å². The normalized spacial score (nSPS) is 13.2. The zero-order valence-corrected chi connectivity index (χ0v) is 15.4. The van der Waals surface area contributed by atoms with Crippen molar-refractivity contribution >= 4 is 23.2 Å². The van der Waals surface area contributed by atoms with Gasteiger partial charge in [-0.1, -0.05) is 23.8 Å². The minimum atomic E-state index is -0.237. The Labute approximate surface area is 153 Å². The van der Waals surface area contributed by atoms with Gasteiger partial charge < -0.3 is 15.4 Å². The second-order valence-corrected chi connectivity index (χ2v) is 6.85. The minimum absolute atomic E-state index is 0.0507. The monoisotopic (exact) mass is 352 g/mol. The fraction of sp³-hybridized carbons (Fsp3) is 0.333. The lowest BCUT2D eigenvalue weighted by Gasteiger charge is -2.14. The molecule has 0 radical (unpaired) electrons. The number of nitrogens with one attached hydrogen (secondary N) is 2. The molecule has 1 aliphatic rings. The van der Waals surface area contributed by atoms with Crippen LogP contribution in [0.3, 0.4) is 0 Å². The summed E-state index contributed by atoms with van der Waals surface area (Å²) in [6.45, 7) is 5.78. The molecule has 0 aromatic heterocycles.